The Balaban J connectivity index is 2.13. The molecule has 0 aliphatic carbocycles. The van der Waals surface area contributed by atoms with Gasteiger partial charge in [0.25, 0.3) is 0 Å². The highest BCUT2D eigenvalue weighted by atomic mass is 79.9. The summed E-state index contributed by atoms with van der Waals surface area (Å²) >= 11 is 10.9. The van der Waals surface area contributed by atoms with Crippen LogP contribution < -0.4 is 0 Å². The zero-order valence-corrected chi connectivity index (χ0v) is 12.4. The molecule has 0 bridgehead atoms. The third-order valence-electron chi connectivity index (χ3n) is 2.56. The third kappa shape index (κ3) is 2.28. The number of benzene rings is 1. The molecule has 0 aliphatic rings. The van der Waals surface area contributed by atoms with Gasteiger partial charge in [0.2, 0.25) is 0 Å². The molecule has 0 N–H and O–H groups in total. The number of hydrogen-bond acceptors (Lipinski definition) is 3. The maximum absolute atomic E-state index is 5.84. The first-order valence-corrected chi connectivity index (χ1v) is 7.47. The molecule has 3 aromatic rings. The lowest BCUT2D eigenvalue weighted by Gasteiger charge is -1.94. The lowest BCUT2D eigenvalue weighted by atomic mass is 10.2. The summed E-state index contributed by atoms with van der Waals surface area (Å²) in [6.07, 6.45) is 3.59. The van der Waals surface area contributed by atoms with Crippen molar-refractivity contribution in [2.75, 3.05) is 0 Å². The summed E-state index contributed by atoms with van der Waals surface area (Å²) < 4.78 is 2.11. The first-order chi connectivity index (χ1) is 8.76. The van der Waals surface area contributed by atoms with Crippen molar-refractivity contribution in [2.24, 2.45) is 0 Å². The molecule has 0 spiro atoms. The van der Waals surface area contributed by atoms with E-state index in [1.807, 2.05) is 24.4 Å². The Morgan fingerprint density at radius 3 is 2.89 bits per heavy atom. The van der Waals surface area contributed by atoms with Gasteiger partial charge in [-0.1, -0.05) is 6.07 Å². The summed E-state index contributed by atoms with van der Waals surface area (Å²) in [6.45, 7) is 0. The molecule has 0 aliphatic heterocycles. The lowest BCUT2D eigenvalue weighted by molar-refractivity contribution is 1.30. The zero-order valence-electron chi connectivity index (χ0n) is 9.23. The van der Waals surface area contributed by atoms with E-state index in [-0.39, 0.29) is 0 Å². The van der Waals surface area contributed by atoms with Crippen molar-refractivity contribution >= 4 is 49.1 Å². The Kier molecular flexibility index (Phi) is 3.33. The van der Waals surface area contributed by atoms with Gasteiger partial charge in [-0.25, -0.2) is 4.98 Å². The third-order valence-corrected chi connectivity index (χ3v) is 4.37. The maximum atomic E-state index is 5.84. The van der Waals surface area contributed by atoms with Crippen LogP contribution in [0.25, 0.3) is 20.8 Å². The number of nitrogens with zero attached hydrogens (tertiary/aromatic N) is 2. The highest BCUT2D eigenvalue weighted by Crippen LogP contribution is 2.31. The fraction of sp³-hybridized carbons (Fsp3) is 0.0769. The summed E-state index contributed by atoms with van der Waals surface area (Å²) in [4.78, 5) is 8.78. The minimum atomic E-state index is 0.529. The molecule has 0 atom stereocenters. The van der Waals surface area contributed by atoms with Gasteiger partial charge in [0.05, 0.1) is 10.2 Å². The van der Waals surface area contributed by atoms with Crippen molar-refractivity contribution in [3.8, 4) is 10.6 Å². The first kappa shape index (κ1) is 12.1. The molecule has 2 aromatic heterocycles. The van der Waals surface area contributed by atoms with E-state index in [9.17, 15) is 0 Å². The second-order valence-electron chi connectivity index (χ2n) is 3.85. The van der Waals surface area contributed by atoms with Gasteiger partial charge in [-0.3, -0.25) is 4.98 Å². The normalized spacial score (nSPS) is 11.0. The minimum absolute atomic E-state index is 0.529. The molecule has 3 rings (SSSR count). The van der Waals surface area contributed by atoms with Gasteiger partial charge in [0, 0.05) is 28.3 Å². The van der Waals surface area contributed by atoms with E-state index in [1.165, 1.54) is 0 Å². The first-order valence-electron chi connectivity index (χ1n) is 5.32. The molecule has 0 saturated heterocycles. The fourth-order valence-electron chi connectivity index (χ4n) is 1.70. The molecule has 0 amide bonds. The Labute approximate surface area is 122 Å². The number of aromatic nitrogens is 2. The number of rotatable bonds is 2. The molecule has 2 heterocycles. The zero-order chi connectivity index (χ0) is 12.5. The van der Waals surface area contributed by atoms with Crippen LogP contribution in [0.2, 0.25) is 0 Å². The van der Waals surface area contributed by atoms with Crippen LogP contribution in [-0.2, 0) is 5.88 Å². The average molecular weight is 340 g/mol. The number of hydrogen-bond donors (Lipinski definition) is 0. The maximum Gasteiger partial charge on any atom is 0.126 e. The van der Waals surface area contributed by atoms with E-state index >= 15 is 0 Å². The van der Waals surface area contributed by atoms with Crippen LogP contribution in [-0.4, -0.2) is 9.97 Å². The number of halogens is 2. The van der Waals surface area contributed by atoms with Gasteiger partial charge in [0.15, 0.2) is 0 Å². The molecule has 2 nitrogen and oxygen atoms in total. The molecule has 5 heteroatoms. The van der Waals surface area contributed by atoms with Crippen LogP contribution in [0.15, 0.2) is 41.1 Å². The van der Waals surface area contributed by atoms with Crippen molar-refractivity contribution in [3.63, 3.8) is 0 Å². The van der Waals surface area contributed by atoms with Crippen molar-refractivity contribution in [3.05, 3.63) is 46.7 Å². The molecule has 90 valence electrons. The van der Waals surface area contributed by atoms with E-state index in [2.05, 4.69) is 32.0 Å². The molecular weight excluding hydrogens is 332 g/mol. The topological polar surface area (TPSA) is 25.8 Å². The highest BCUT2D eigenvalue weighted by Gasteiger charge is 2.07. The largest absolute Gasteiger partial charge is 0.263 e. The van der Waals surface area contributed by atoms with Gasteiger partial charge in [-0.15, -0.1) is 22.9 Å². The fourth-order valence-corrected chi connectivity index (χ4v) is 3.25. The van der Waals surface area contributed by atoms with E-state index < -0.39 is 0 Å². The van der Waals surface area contributed by atoms with Crippen molar-refractivity contribution in [1.82, 2.24) is 9.97 Å². The van der Waals surface area contributed by atoms with E-state index in [4.69, 9.17) is 11.6 Å². The summed E-state index contributed by atoms with van der Waals surface area (Å²) in [7, 11) is 0. The van der Waals surface area contributed by atoms with Gasteiger partial charge < -0.3 is 0 Å². The number of fused-ring (bicyclic) bond motifs is 1. The molecule has 0 radical (unpaired) electrons. The van der Waals surface area contributed by atoms with Crippen LogP contribution in [0.1, 0.15) is 5.56 Å². The molecule has 18 heavy (non-hydrogen) atoms. The molecule has 0 fully saturated rings. The standard InChI is InChI=1S/C13H8BrClN2S/c14-10-4-9(6-16-7-10)13-17-11-2-1-8(5-15)3-12(11)18-13/h1-4,6-7H,5H2. The summed E-state index contributed by atoms with van der Waals surface area (Å²) in [5, 5.41) is 0.977. The Morgan fingerprint density at radius 2 is 2.11 bits per heavy atom. The van der Waals surface area contributed by atoms with Crippen molar-refractivity contribution < 1.29 is 0 Å². The quantitative estimate of drug-likeness (QED) is 0.623. The predicted octanol–water partition coefficient (Wildman–Crippen LogP) is 4.86. The van der Waals surface area contributed by atoms with Gasteiger partial charge >= 0.3 is 0 Å². The van der Waals surface area contributed by atoms with Gasteiger partial charge in [0.1, 0.15) is 5.01 Å². The van der Waals surface area contributed by atoms with Crippen LogP contribution in [0.3, 0.4) is 0 Å². The molecule has 0 unspecified atom stereocenters. The van der Waals surface area contributed by atoms with Crippen molar-refractivity contribution in [2.45, 2.75) is 5.88 Å². The lowest BCUT2D eigenvalue weighted by Crippen LogP contribution is -1.79. The molecule has 1 aromatic carbocycles. The average Bonchev–Trinajstić information content (AvgIpc) is 2.81. The van der Waals surface area contributed by atoms with Crippen LogP contribution in [0.5, 0.6) is 0 Å². The van der Waals surface area contributed by atoms with Crippen LogP contribution in [0.4, 0.5) is 0 Å². The second-order valence-corrected chi connectivity index (χ2v) is 6.06. The second kappa shape index (κ2) is 4.96. The van der Waals surface area contributed by atoms with Crippen LogP contribution >= 0.6 is 38.9 Å². The van der Waals surface area contributed by atoms with Gasteiger partial charge in [-0.2, -0.15) is 0 Å². The Morgan fingerprint density at radius 1 is 1.22 bits per heavy atom. The summed E-state index contributed by atoms with van der Waals surface area (Å²) in [5.74, 6) is 0.529. The number of alkyl halides is 1. The van der Waals surface area contributed by atoms with E-state index in [0.29, 0.717) is 5.88 Å². The van der Waals surface area contributed by atoms with Crippen LogP contribution in [0, 0.1) is 0 Å². The Bertz CT molecular complexity index is 711. The Hall–Kier alpha value is -0.970. The van der Waals surface area contributed by atoms with E-state index in [1.54, 1.807) is 17.5 Å². The predicted molar refractivity (Wildman–Crippen MR) is 80.1 cm³/mol. The minimum Gasteiger partial charge on any atom is -0.263 e. The number of thiazole rings is 1. The van der Waals surface area contributed by atoms with Gasteiger partial charge in [-0.05, 0) is 39.7 Å². The summed E-state index contributed by atoms with van der Waals surface area (Å²) in [6, 6.07) is 8.14. The van der Waals surface area contributed by atoms with Crippen molar-refractivity contribution in [1.29, 1.82) is 0 Å². The monoisotopic (exact) mass is 338 g/mol. The summed E-state index contributed by atoms with van der Waals surface area (Å²) in [5.41, 5.74) is 3.15. The molecule has 0 saturated carbocycles. The number of pyridine rings is 1. The molecular formula is C13H8BrClN2S. The highest BCUT2D eigenvalue weighted by molar-refractivity contribution is 9.10. The van der Waals surface area contributed by atoms with E-state index in [0.717, 1.165) is 30.8 Å². The smallest absolute Gasteiger partial charge is 0.126 e. The SMILES string of the molecule is ClCc1ccc2nc(-c3cncc(Br)c3)sc2c1.